The minimum absolute atomic E-state index is 0.0250. The highest BCUT2D eigenvalue weighted by Crippen LogP contribution is 2.46. The minimum atomic E-state index is 0.0250. The van der Waals surface area contributed by atoms with Crippen molar-refractivity contribution in [3.8, 4) is 0 Å². The molecule has 0 aromatic heterocycles. The van der Waals surface area contributed by atoms with E-state index in [1.54, 1.807) is 0 Å². The molecule has 1 saturated heterocycles. The lowest BCUT2D eigenvalue weighted by Gasteiger charge is -2.37. The molecule has 96 valence electrons. The maximum atomic E-state index is 12.0. The minimum Gasteiger partial charge on any atom is -0.283 e. The van der Waals surface area contributed by atoms with Crippen LogP contribution >= 0.6 is 11.6 Å². The quantitative estimate of drug-likeness (QED) is 0.441. The van der Waals surface area contributed by atoms with Gasteiger partial charge in [-0.2, -0.15) is 0 Å². The summed E-state index contributed by atoms with van der Waals surface area (Å²) in [4.78, 5) is 25.5. The smallest absolute Gasteiger partial charge is 0.229 e. The van der Waals surface area contributed by atoms with Crippen molar-refractivity contribution in [1.29, 1.82) is 0 Å². The first-order valence-corrected chi connectivity index (χ1v) is 7.09. The van der Waals surface area contributed by atoms with Crippen LogP contribution in [0.1, 0.15) is 51.4 Å². The third-order valence-electron chi connectivity index (χ3n) is 4.08. The second kappa shape index (κ2) is 5.38. The van der Waals surface area contributed by atoms with Gasteiger partial charge in [-0.15, -0.1) is 11.6 Å². The Morgan fingerprint density at radius 1 is 1.06 bits per heavy atom. The van der Waals surface area contributed by atoms with Gasteiger partial charge in [-0.1, -0.05) is 12.8 Å². The molecule has 0 N–H and O–H groups in total. The number of piperidine rings is 1. The SMILES string of the molecule is O=C1CC2(CCCC2)CC(=O)N1CCCCCl. The molecule has 1 aliphatic carbocycles. The van der Waals surface area contributed by atoms with Crippen LogP contribution in [0.25, 0.3) is 0 Å². The number of likely N-dealkylation sites (tertiary alicyclic amines) is 1. The van der Waals surface area contributed by atoms with Gasteiger partial charge in [-0.05, 0) is 31.1 Å². The first-order chi connectivity index (χ1) is 8.17. The van der Waals surface area contributed by atoms with Crippen LogP contribution in [0.3, 0.4) is 0 Å². The molecule has 17 heavy (non-hydrogen) atoms. The topological polar surface area (TPSA) is 37.4 Å². The summed E-state index contributed by atoms with van der Waals surface area (Å²) in [5.41, 5.74) is 0.0250. The highest BCUT2D eigenvalue weighted by molar-refractivity contribution is 6.17. The van der Waals surface area contributed by atoms with Crippen LogP contribution in [0.4, 0.5) is 0 Å². The van der Waals surface area contributed by atoms with Crippen molar-refractivity contribution in [3.05, 3.63) is 0 Å². The van der Waals surface area contributed by atoms with Crippen LogP contribution in [0.2, 0.25) is 0 Å². The predicted molar refractivity (Wildman–Crippen MR) is 66.8 cm³/mol. The molecule has 1 heterocycles. The van der Waals surface area contributed by atoms with Crippen molar-refractivity contribution < 1.29 is 9.59 Å². The van der Waals surface area contributed by atoms with Gasteiger partial charge in [0, 0.05) is 25.3 Å². The second-order valence-electron chi connectivity index (χ2n) is 5.40. The number of imide groups is 1. The number of nitrogens with zero attached hydrogens (tertiary/aromatic N) is 1. The Kier molecular flexibility index (Phi) is 4.08. The van der Waals surface area contributed by atoms with Gasteiger partial charge in [0.15, 0.2) is 0 Å². The van der Waals surface area contributed by atoms with E-state index in [2.05, 4.69) is 0 Å². The predicted octanol–water partition coefficient (Wildman–Crippen LogP) is 2.71. The number of unbranched alkanes of at least 4 members (excludes halogenated alkanes) is 1. The monoisotopic (exact) mass is 257 g/mol. The summed E-state index contributed by atoms with van der Waals surface area (Å²) in [7, 11) is 0. The zero-order valence-electron chi connectivity index (χ0n) is 10.2. The van der Waals surface area contributed by atoms with E-state index in [4.69, 9.17) is 11.6 Å². The number of carbonyl (C=O) groups excluding carboxylic acids is 2. The Balaban J connectivity index is 1.94. The Labute approximate surface area is 107 Å². The molecular formula is C13H20ClNO2. The van der Waals surface area contributed by atoms with E-state index in [1.807, 2.05) is 0 Å². The molecule has 2 fully saturated rings. The van der Waals surface area contributed by atoms with Crippen LogP contribution in [-0.2, 0) is 9.59 Å². The van der Waals surface area contributed by atoms with E-state index in [0.717, 1.165) is 25.7 Å². The van der Waals surface area contributed by atoms with E-state index >= 15 is 0 Å². The molecule has 2 rings (SSSR count). The molecule has 0 radical (unpaired) electrons. The first-order valence-electron chi connectivity index (χ1n) is 6.56. The summed E-state index contributed by atoms with van der Waals surface area (Å²) in [6, 6.07) is 0. The fraction of sp³-hybridized carbons (Fsp3) is 0.846. The first kappa shape index (κ1) is 12.9. The van der Waals surface area contributed by atoms with Gasteiger partial charge in [0.25, 0.3) is 0 Å². The summed E-state index contributed by atoms with van der Waals surface area (Å²) in [6.45, 7) is 0.556. The molecule has 1 spiro atoms. The van der Waals surface area contributed by atoms with Crippen LogP contribution in [0, 0.1) is 5.41 Å². The van der Waals surface area contributed by atoms with Gasteiger partial charge in [0.2, 0.25) is 11.8 Å². The Bertz CT molecular complexity index is 291. The summed E-state index contributed by atoms with van der Waals surface area (Å²) < 4.78 is 0. The third-order valence-corrected chi connectivity index (χ3v) is 4.35. The Morgan fingerprint density at radius 3 is 2.18 bits per heavy atom. The van der Waals surface area contributed by atoms with Crippen LogP contribution < -0.4 is 0 Å². The van der Waals surface area contributed by atoms with Gasteiger partial charge in [0.1, 0.15) is 0 Å². The molecule has 0 atom stereocenters. The molecule has 3 nitrogen and oxygen atoms in total. The van der Waals surface area contributed by atoms with Gasteiger partial charge in [-0.3, -0.25) is 14.5 Å². The summed E-state index contributed by atoms with van der Waals surface area (Å²) in [5, 5.41) is 0. The fourth-order valence-electron chi connectivity index (χ4n) is 3.13. The second-order valence-corrected chi connectivity index (χ2v) is 5.77. The standard InChI is InChI=1S/C13H20ClNO2/c14-7-3-4-8-15-11(16)9-13(10-12(15)17)5-1-2-6-13/h1-10H2. The molecule has 4 heteroatoms. The lowest BCUT2D eigenvalue weighted by Crippen LogP contribution is -2.47. The van der Waals surface area contributed by atoms with Crippen molar-refractivity contribution in [2.75, 3.05) is 12.4 Å². The average molecular weight is 258 g/mol. The highest BCUT2D eigenvalue weighted by Gasteiger charge is 2.44. The normalized spacial score (nSPS) is 23.7. The third kappa shape index (κ3) is 2.82. The molecular weight excluding hydrogens is 238 g/mol. The van der Waals surface area contributed by atoms with Crippen molar-refractivity contribution in [3.63, 3.8) is 0 Å². The summed E-state index contributed by atoms with van der Waals surface area (Å²) in [6.07, 6.45) is 7.32. The van der Waals surface area contributed by atoms with E-state index in [0.29, 0.717) is 25.3 Å². The number of hydrogen-bond acceptors (Lipinski definition) is 2. The van der Waals surface area contributed by atoms with Gasteiger partial charge in [-0.25, -0.2) is 0 Å². The van der Waals surface area contributed by atoms with Gasteiger partial charge >= 0.3 is 0 Å². The average Bonchev–Trinajstić information content (AvgIpc) is 2.70. The summed E-state index contributed by atoms with van der Waals surface area (Å²) >= 11 is 5.60. The molecule has 0 aromatic carbocycles. The van der Waals surface area contributed by atoms with Crippen LogP contribution in [0.15, 0.2) is 0 Å². The lowest BCUT2D eigenvalue weighted by atomic mass is 9.76. The molecule has 0 unspecified atom stereocenters. The van der Waals surface area contributed by atoms with Crippen molar-refractivity contribution >= 4 is 23.4 Å². The maximum absolute atomic E-state index is 12.0. The van der Waals surface area contributed by atoms with Crippen molar-refractivity contribution in [2.45, 2.75) is 51.4 Å². The van der Waals surface area contributed by atoms with Crippen molar-refractivity contribution in [2.24, 2.45) is 5.41 Å². The number of rotatable bonds is 4. The number of alkyl halides is 1. The Hall–Kier alpha value is -0.570. The van der Waals surface area contributed by atoms with E-state index in [-0.39, 0.29) is 17.2 Å². The zero-order chi connectivity index (χ0) is 12.3. The highest BCUT2D eigenvalue weighted by atomic mass is 35.5. The number of halogens is 1. The summed E-state index contributed by atoms with van der Waals surface area (Å²) in [5.74, 6) is 0.676. The molecule has 1 saturated carbocycles. The van der Waals surface area contributed by atoms with Crippen LogP contribution in [0.5, 0.6) is 0 Å². The van der Waals surface area contributed by atoms with Gasteiger partial charge < -0.3 is 0 Å². The maximum Gasteiger partial charge on any atom is 0.229 e. The Morgan fingerprint density at radius 2 is 1.65 bits per heavy atom. The number of amides is 2. The zero-order valence-corrected chi connectivity index (χ0v) is 11.0. The van der Waals surface area contributed by atoms with Gasteiger partial charge in [0.05, 0.1) is 0 Å². The molecule has 2 aliphatic rings. The van der Waals surface area contributed by atoms with E-state index in [1.165, 1.54) is 17.7 Å². The van der Waals surface area contributed by atoms with Crippen LogP contribution in [-0.4, -0.2) is 29.1 Å². The van der Waals surface area contributed by atoms with Crippen molar-refractivity contribution in [1.82, 2.24) is 4.90 Å². The molecule has 2 amide bonds. The molecule has 1 aliphatic heterocycles. The lowest BCUT2D eigenvalue weighted by molar-refractivity contribution is -0.153. The van der Waals surface area contributed by atoms with E-state index in [9.17, 15) is 9.59 Å². The molecule has 0 aromatic rings. The van der Waals surface area contributed by atoms with E-state index < -0.39 is 0 Å². The number of carbonyl (C=O) groups is 2. The largest absolute Gasteiger partial charge is 0.283 e. The fourth-order valence-corrected chi connectivity index (χ4v) is 3.32. The molecule has 0 bridgehead atoms. The number of hydrogen-bond donors (Lipinski definition) is 0.